The maximum Gasteiger partial charge on any atom is 0.246 e. The predicted octanol–water partition coefficient (Wildman–Crippen LogP) is 3.20. The number of amides is 1. The fourth-order valence-electron chi connectivity index (χ4n) is 3.01. The number of aromatic nitrogens is 2. The molecule has 0 unspecified atom stereocenters. The molecule has 1 heterocycles. The Kier molecular flexibility index (Phi) is 6.42. The Hall–Kier alpha value is -2.91. The number of sulfonamides is 1. The Morgan fingerprint density at radius 1 is 1.13 bits per heavy atom. The molecule has 1 amide bonds. The summed E-state index contributed by atoms with van der Waals surface area (Å²) in [6, 6.07) is 14.6. The minimum Gasteiger partial charge on any atom is -0.337 e. The molecule has 0 fully saturated rings. The zero-order valence-corrected chi connectivity index (χ0v) is 18.3. The van der Waals surface area contributed by atoms with E-state index >= 15 is 0 Å². The summed E-state index contributed by atoms with van der Waals surface area (Å²) in [5.41, 5.74) is 1.14. The Labute approximate surface area is 180 Å². The summed E-state index contributed by atoms with van der Waals surface area (Å²) in [6.07, 6.45) is 1.05. The van der Waals surface area contributed by atoms with Crippen LogP contribution in [0.1, 0.15) is 12.8 Å². The van der Waals surface area contributed by atoms with Gasteiger partial charge in [0, 0.05) is 17.6 Å². The van der Waals surface area contributed by atoms with Gasteiger partial charge in [-0.1, -0.05) is 47.1 Å². The van der Waals surface area contributed by atoms with Crippen LogP contribution in [0.4, 0.5) is 5.69 Å². The average molecular weight is 449 g/mol. The molecule has 3 rings (SSSR count). The normalized spacial score (nSPS) is 12.4. The van der Waals surface area contributed by atoms with Gasteiger partial charge in [0.1, 0.15) is 6.04 Å². The minimum absolute atomic E-state index is 0.0429. The van der Waals surface area contributed by atoms with Gasteiger partial charge in [-0.2, -0.15) is 4.98 Å². The quantitative estimate of drug-likeness (QED) is 0.550. The van der Waals surface area contributed by atoms with Gasteiger partial charge in [-0.25, -0.2) is 8.42 Å². The fraction of sp³-hybridized carbons (Fsp3) is 0.250. The third kappa shape index (κ3) is 4.98. The molecule has 0 aliphatic rings. The summed E-state index contributed by atoms with van der Waals surface area (Å²) in [5, 5.41) is 4.40. The molecule has 1 atom stereocenters. The molecule has 0 aliphatic heterocycles. The summed E-state index contributed by atoms with van der Waals surface area (Å²) < 4.78 is 31.1. The van der Waals surface area contributed by atoms with Crippen molar-refractivity contribution in [3.05, 3.63) is 65.5 Å². The van der Waals surface area contributed by atoms with Gasteiger partial charge in [0.15, 0.2) is 0 Å². The maximum absolute atomic E-state index is 13.0. The topological polar surface area (TPSA) is 96.6 Å². The highest BCUT2D eigenvalue weighted by molar-refractivity contribution is 7.92. The summed E-state index contributed by atoms with van der Waals surface area (Å²) >= 11 is 5.89. The molecule has 0 radical (unpaired) electrons. The van der Waals surface area contributed by atoms with Crippen molar-refractivity contribution in [3.8, 4) is 11.4 Å². The van der Waals surface area contributed by atoms with Crippen LogP contribution in [0.3, 0.4) is 0 Å². The number of hydrogen-bond donors (Lipinski definition) is 0. The van der Waals surface area contributed by atoms with E-state index in [9.17, 15) is 13.2 Å². The molecule has 0 spiro atoms. The lowest BCUT2D eigenvalue weighted by molar-refractivity contribution is -0.131. The van der Waals surface area contributed by atoms with Crippen LogP contribution in [0.5, 0.6) is 0 Å². The predicted molar refractivity (Wildman–Crippen MR) is 114 cm³/mol. The zero-order valence-electron chi connectivity index (χ0n) is 16.7. The summed E-state index contributed by atoms with van der Waals surface area (Å²) in [4.78, 5) is 18.6. The Balaban J connectivity index is 1.77. The van der Waals surface area contributed by atoms with E-state index in [1.54, 1.807) is 31.3 Å². The fourth-order valence-corrected chi connectivity index (χ4v) is 4.31. The van der Waals surface area contributed by atoms with Crippen LogP contribution in [0.25, 0.3) is 11.4 Å². The highest BCUT2D eigenvalue weighted by Crippen LogP contribution is 2.24. The number of halogens is 1. The second-order valence-corrected chi connectivity index (χ2v) is 9.08. The van der Waals surface area contributed by atoms with Crippen LogP contribution in [-0.2, 0) is 21.4 Å². The molecule has 1 aromatic heterocycles. The summed E-state index contributed by atoms with van der Waals surface area (Å²) in [5.74, 6) is 0.238. The Bertz CT molecular complexity index is 1120. The van der Waals surface area contributed by atoms with Crippen molar-refractivity contribution in [3.63, 3.8) is 0 Å². The van der Waals surface area contributed by atoms with Crippen molar-refractivity contribution >= 4 is 33.2 Å². The highest BCUT2D eigenvalue weighted by atomic mass is 35.5. The van der Waals surface area contributed by atoms with Gasteiger partial charge in [0.05, 0.1) is 18.5 Å². The van der Waals surface area contributed by atoms with Crippen molar-refractivity contribution in [1.82, 2.24) is 15.0 Å². The molecule has 0 saturated heterocycles. The first-order valence-electron chi connectivity index (χ1n) is 9.05. The van der Waals surface area contributed by atoms with Gasteiger partial charge in [-0.15, -0.1) is 0 Å². The molecule has 10 heteroatoms. The second kappa shape index (κ2) is 8.85. The van der Waals surface area contributed by atoms with Crippen LogP contribution < -0.4 is 4.31 Å². The first-order valence-corrected chi connectivity index (χ1v) is 11.3. The van der Waals surface area contributed by atoms with Crippen LogP contribution in [0, 0.1) is 0 Å². The smallest absolute Gasteiger partial charge is 0.246 e. The lowest BCUT2D eigenvalue weighted by atomic mass is 10.2. The van der Waals surface area contributed by atoms with E-state index in [1.807, 2.05) is 30.3 Å². The van der Waals surface area contributed by atoms with Crippen molar-refractivity contribution < 1.29 is 17.7 Å². The number of hydrogen-bond acceptors (Lipinski definition) is 6. The summed E-state index contributed by atoms with van der Waals surface area (Å²) in [7, 11) is -2.17. The monoisotopic (exact) mass is 448 g/mol. The van der Waals surface area contributed by atoms with Gasteiger partial charge >= 0.3 is 0 Å². The zero-order chi connectivity index (χ0) is 21.9. The number of carbonyl (C=O) groups excluding carboxylic acids is 1. The van der Waals surface area contributed by atoms with E-state index in [2.05, 4.69) is 10.1 Å². The van der Waals surface area contributed by atoms with E-state index in [0.29, 0.717) is 16.5 Å². The number of likely N-dealkylation sites (N-methyl/N-ethyl adjacent to an activating group) is 1. The number of nitrogens with zero attached hydrogens (tertiary/aromatic N) is 4. The van der Waals surface area contributed by atoms with Crippen LogP contribution in [-0.4, -0.2) is 48.7 Å². The molecule has 3 aromatic rings. The number of carbonyl (C=O) groups is 1. The Morgan fingerprint density at radius 3 is 2.37 bits per heavy atom. The largest absolute Gasteiger partial charge is 0.337 e. The molecule has 0 bridgehead atoms. The molecule has 30 heavy (non-hydrogen) atoms. The van der Waals surface area contributed by atoms with Gasteiger partial charge < -0.3 is 9.42 Å². The van der Waals surface area contributed by atoms with Crippen molar-refractivity contribution in [2.24, 2.45) is 0 Å². The van der Waals surface area contributed by atoms with Crippen LogP contribution >= 0.6 is 11.6 Å². The van der Waals surface area contributed by atoms with Gasteiger partial charge in [-0.05, 0) is 31.2 Å². The van der Waals surface area contributed by atoms with E-state index in [-0.39, 0.29) is 12.4 Å². The average Bonchev–Trinajstić information content (AvgIpc) is 3.17. The first-order chi connectivity index (χ1) is 14.2. The number of rotatable bonds is 7. The van der Waals surface area contributed by atoms with Crippen LogP contribution in [0.15, 0.2) is 59.1 Å². The molecule has 8 nitrogen and oxygen atoms in total. The molecular weight excluding hydrogens is 428 g/mol. The van der Waals surface area contributed by atoms with E-state index in [0.717, 1.165) is 16.1 Å². The summed E-state index contributed by atoms with van der Waals surface area (Å²) in [6.45, 7) is 1.57. The number of benzene rings is 2. The van der Waals surface area contributed by atoms with Crippen molar-refractivity contribution in [2.75, 3.05) is 17.6 Å². The van der Waals surface area contributed by atoms with Crippen LogP contribution in [0.2, 0.25) is 5.02 Å². The maximum atomic E-state index is 13.0. The van der Waals surface area contributed by atoms with Gasteiger partial charge in [0.2, 0.25) is 27.6 Å². The Morgan fingerprint density at radius 2 is 1.77 bits per heavy atom. The molecular formula is C20H21ClN4O4S. The van der Waals surface area contributed by atoms with Crippen molar-refractivity contribution in [1.29, 1.82) is 0 Å². The first kappa shape index (κ1) is 21.8. The molecule has 158 valence electrons. The second-order valence-electron chi connectivity index (χ2n) is 6.78. The standard InChI is InChI=1S/C20H21ClN4O4S/c1-14(25(30(3,27)28)17-11-9-16(21)10-12-17)20(26)24(2)13-18-22-19(23-29-18)15-7-5-4-6-8-15/h4-12,14H,13H2,1-3H3/t14-/m1/s1. The minimum atomic E-state index is -3.72. The third-order valence-electron chi connectivity index (χ3n) is 4.40. The lowest BCUT2D eigenvalue weighted by Gasteiger charge is -2.30. The van der Waals surface area contributed by atoms with Crippen molar-refractivity contribution in [2.45, 2.75) is 19.5 Å². The molecule has 0 aliphatic carbocycles. The van der Waals surface area contributed by atoms with Gasteiger partial charge in [-0.3, -0.25) is 9.10 Å². The SMILES string of the molecule is C[C@H](C(=O)N(C)Cc1nc(-c2ccccc2)no1)N(c1ccc(Cl)cc1)S(C)(=O)=O. The number of anilines is 1. The lowest BCUT2D eigenvalue weighted by Crippen LogP contribution is -2.48. The van der Waals surface area contributed by atoms with E-state index < -0.39 is 22.0 Å². The molecule has 0 saturated carbocycles. The molecule has 2 aromatic carbocycles. The van der Waals surface area contributed by atoms with E-state index in [1.165, 1.54) is 11.8 Å². The van der Waals surface area contributed by atoms with E-state index in [4.69, 9.17) is 16.1 Å². The van der Waals surface area contributed by atoms with Gasteiger partial charge in [0.25, 0.3) is 0 Å². The third-order valence-corrected chi connectivity index (χ3v) is 5.89. The molecule has 0 N–H and O–H groups in total. The highest BCUT2D eigenvalue weighted by Gasteiger charge is 2.31.